The molecular formula is C19H21BrClNO4. The molecule has 7 heteroatoms. The number of amides is 1. The lowest BCUT2D eigenvalue weighted by atomic mass is 10.1. The second-order valence-corrected chi connectivity index (χ2v) is 6.79. The van der Waals surface area contributed by atoms with Crippen LogP contribution < -0.4 is 19.5 Å². The molecule has 1 unspecified atom stereocenters. The van der Waals surface area contributed by atoms with E-state index in [-0.39, 0.29) is 5.91 Å². The fourth-order valence-corrected chi connectivity index (χ4v) is 3.04. The molecule has 0 saturated carbocycles. The van der Waals surface area contributed by atoms with E-state index in [1.807, 2.05) is 12.1 Å². The van der Waals surface area contributed by atoms with Gasteiger partial charge in [0.1, 0.15) is 5.75 Å². The highest BCUT2D eigenvalue weighted by Crippen LogP contribution is 2.33. The number of hydrogen-bond donors (Lipinski definition) is 1. The molecule has 0 aromatic heterocycles. The summed E-state index contributed by atoms with van der Waals surface area (Å²) in [4.78, 5) is 12.2. The maximum atomic E-state index is 12.2. The van der Waals surface area contributed by atoms with Crippen molar-refractivity contribution in [3.05, 3.63) is 51.5 Å². The van der Waals surface area contributed by atoms with Gasteiger partial charge in [0.15, 0.2) is 17.6 Å². The van der Waals surface area contributed by atoms with Gasteiger partial charge in [-0.3, -0.25) is 4.79 Å². The molecule has 2 aromatic carbocycles. The number of nitrogens with one attached hydrogen (secondary N) is 1. The lowest BCUT2D eigenvalue weighted by Crippen LogP contribution is -2.37. The van der Waals surface area contributed by atoms with Gasteiger partial charge in [0, 0.05) is 11.0 Å². The third-order valence-corrected chi connectivity index (χ3v) is 4.81. The van der Waals surface area contributed by atoms with Crippen LogP contribution in [0.1, 0.15) is 12.5 Å². The Morgan fingerprint density at radius 2 is 1.81 bits per heavy atom. The highest BCUT2D eigenvalue weighted by atomic mass is 79.9. The van der Waals surface area contributed by atoms with Crippen LogP contribution >= 0.6 is 27.5 Å². The lowest BCUT2D eigenvalue weighted by Gasteiger charge is -2.16. The van der Waals surface area contributed by atoms with Gasteiger partial charge < -0.3 is 19.5 Å². The number of methoxy groups -OCH3 is 2. The van der Waals surface area contributed by atoms with Crippen molar-refractivity contribution in [1.82, 2.24) is 5.32 Å². The molecule has 0 saturated heterocycles. The van der Waals surface area contributed by atoms with Crippen LogP contribution in [0.4, 0.5) is 0 Å². The van der Waals surface area contributed by atoms with Crippen molar-refractivity contribution in [2.24, 2.45) is 0 Å². The zero-order chi connectivity index (χ0) is 19.1. The summed E-state index contributed by atoms with van der Waals surface area (Å²) in [5, 5.41) is 3.34. The number of halogens is 2. The number of rotatable bonds is 8. The van der Waals surface area contributed by atoms with Gasteiger partial charge in [-0.2, -0.15) is 0 Å². The number of hydrogen-bond acceptors (Lipinski definition) is 4. The molecule has 2 aromatic rings. The van der Waals surface area contributed by atoms with Gasteiger partial charge in [-0.05, 0) is 43.2 Å². The van der Waals surface area contributed by atoms with Gasteiger partial charge in [-0.25, -0.2) is 0 Å². The van der Waals surface area contributed by atoms with E-state index < -0.39 is 6.10 Å². The summed E-state index contributed by atoms with van der Waals surface area (Å²) in [5.74, 6) is 1.57. The van der Waals surface area contributed by atoms with Gasteiger partial charge in [0.05, 0.1) is 19.2 Å². The second kappa shape index (κ2) is 9.69. The smallest absolute Gasteiger partial charge is 0.260 e. The van der Waals surface area contributed by atoms with Crippen LogP contribution in [0.25, 0.3) is 0 Å². The summed E-state index contributed by atoms with van der Waals surface area (Å²) in [5.41, 5.74) is 1.00. The van der Waals surface area contributed by atoms with E-state index >= 15 is 0 Å². The fourth-order valence-electron chi connectivity index (χ4n) is 2.34. The molecule has 0 bridgehead atoms. The van der Waals surface area contributed by atoms with E-state index in [0.29, 0.717) is 35.2 Å². The minimum Gasteiger partial charge on any atom is -0.493 e. The third-order valence-electron chi connectivity index (χ3n) is 3.76. The molecular weight excluding hydrogens is 422 g/mol. The monoisotopic (exact) mass is 441 g/mol. The molecule has 2 rings (SSSR count). The molecule has 0 aliphatic rings. The van der Waals surface area contributed by atoms with E-state index in [0.717, 1.165) is 10.0 Å². The Balaban J connectivity index is 1.91. The fraction of sp³-hybridized carbons (Fsp3) is 0.316. The maximum absolute atomic E-state index is 12.2. The van der Waals surface area contributed by atoms with Crippen LogP contribution in [-0.4, -0.2) is 32.8 Å². The molecule has 0 spiro atoms. The molecule has 1 amide bonds. The quantitative estimate of drug-likeness (QED) is 0.664. The Morgan fingerprint density at radius 1 is 1.15 bits per heavy atom. The number of para-hydroxylation sites is 1. The predicted molar refractivity (Wildman–Crippen MR) is 106 cm³/mol. The Bertz CT molecular complexity index is 769. The van der Waals surface area contributed by atoms with Gasteiger partial charge in [0.25, 0.3) is 5.91 Å². The van der Waals surface area contributed by atoms with Gasteiger partial charge in [-0.15, -0.1) is 0 Å². The Morgan fingerprint density at radius 3 is 2.46 bits per heavy atom. The molecule has 0 radical (unpaired) electrons. The van der Waals surface area contributed by atoms with Crippen molar-refractivity contribution in [2.75, 3.05) is 20.8 Å². The van der Waals surface area contributed by atoms with Crippen LogP contribution in [0.3, 0.4) is 0 Å². The molecule has 0 aliphatic carbocycles. The van der Waals surface area contributed by atoms with Crippen molar-refractivity contribution in [3.8, 4) is 17.2 Å². The van der Waals surface area contributed by atoms with E-state index in [9.17, 15) is 4.79 Å². The van der Waals surface area contributed by atoms with Crippen molar-refractivity contribution in [1.29, 1.82) is 0 Å². The summed E-state index contributed by atoms with van der Waals surface area (Å²) >= 11 is 9.56. The zero-order valence-electron chi connectivity index (χ0n) is 14.8. The first-order valence-electron chi connectivity index (χ1n) is 8.05. The van der Waals surface area contributed by atoms with Crippen LogP contribution in [0, 0.1) is 0 Å². The largest absolute Gasteiger partial charge is 0.493 e. The maximum Gasteiger partial charge on any atom is 0.260 e. The molecule has 26 heavy (non-hydrogen) atoms. The Labute approximate surface area is 166 Å². The van der Waals surface area contributed by atoms with Gasteiger partial charge in [0.2, 0.25) is 0 Å². The lowest BCUT2D eigenvalue weighted by molar-refractivity contribution is -0.127. The second-order valence-electron chi connectivity index (χ2n) is 5.53. The van der Waals surface area contributed by atoms with Crippen LogP contribution in [0.15, 0.2) is 40.9 Å². The summed E-state index contributed by atoms with van der Waals surface area (Å²) < 4.78 is 17.1. The number of ether oxygens (including phenoxy) is 3. The standard InChI is InChI=1S/C19H21BrClNO4/c1-12(26-16-7-5-4-6-15(16)21)19(23)22-9-8-13-10-17(24-2)18(25-3)11-14(13)20/h4-7,10-12H,8-9H2,1-3H3,(H,22,23). The molecule has 0 aliphatic heterocycles. The SMILES string of the molecule is COc1cc(Br)c(CCNC(=O)C(C)Oc2ccccc2Cl)cc1OC. The molecule has 1 N–H and O–H groups in total. The Kier molecular flexibility index (Phi) is 7.60. The minimum atomic E-state index is -0.649. The van der Waals surface area contributed by atoms with Crippen molar-refractivity contribution >= 4 is 33.4 Å². The summed E-state index contributed by atoms with van der Waals surface area (Å²) in [7, 11) is 3.18. The molecule has 140 valence electrons. The van der Waals surface area contributed by atoms with E-state index in [1.165, 1.54) is 0 Å². The first-order valence-corrected chi connectivity index (χ1v) is 9.22. The first kappa shape index (κ1) is 20.4. The van der Waals surface area contributed by atoms with E-state index in [4.69, 9.17) is 25.8 Å². The normalized spacial score (nSPS) is 11.6. The topological polar surface area (TPSA) is 56.8 Å². The number of carbonyl (C=O) groups is 1. The molecule has 5 nitrogen and oxygen atoms in total. The van der Waals surface area contributed by atoms with Crippen LogP contribution in [-0.2, 0) is 11.2 Å². The van der Waals surface area contributed by atoms with E-state index in [2.05, 4.69) is 21.2 Å². The summed E-state index contributed by atoms with van der Waals surface area (Å²) in [6.07, 6.45) is -0.0189. The predicted octanol–water partition coefficient (Wildman–Crippen LogP) is 4.25. The van der Waals surface area contributed by atoms with Crippen molar-refractivity contribution < 1.29 is 19.0 Å². The average Bonchev–Trinajstić information content (AvgIpc) is 2.64. The number of benzene rings is 2. The van der Waals surface area contributed by atoms with Crippen LogP contribution in [0.2, 0.25) is 5.02 Å². The number of carbonyl (C=O) groups excluding carboxylic acids is 1. The van der Waals surface area contributed by atoms with Crippen molar-refractivity contribution in [2.45, 2.75) is 19.4 Å². The average molecular weight is 443 g/mol. The van der Waals surface area contributed by atoms with Gasteiger partial charge >= 0.3 is 0 Å². The van der Waals surface area contributed by atoms with Crippen LogP contribution in [0.5, 0.6) is 17.2 Å². The molecule has 0 fully saturated rings. The van der Waals surface area contributed by atoms with E-state index in [1.54, 1.807) is 45.4 Å². The minimum absolute atomic E-state index is 0.207. The Hall–Kier alpha value is -1.92. The highest BCUT2D eigenvalue weighted by Gasteiger charge is 2.16. The summed E-state index contributed by atoms with van der Waals surface area (Å²) in [6.45, 7) is 2.15. The third kappa shape index (κ3) is 5.29. The van der Waals surface area contributed by atoms with Crippen molar-refractivity contribution in [3.63, 3.8) is 0 Å². The molecule has 1 atom stereocenters. The first-order chi connectivity index (χ1) is 12.5. The van der Waals surface area contributed by atoms with Gasteiger partial charge in [-0.1, -0.05) is 39.7 Å². The molecule has 0 heterocycles. The highest BCUT2D eigenvalue weighted by molar-refractivity contribution is 9.10. The zero-order valence-corrected chi connectivity index (χ0v) is 17.2. The summed E-state index contributed by atoms with van der Waals surface area (Å²) in [6, 6.07) is 10.8.